The molecule has 0 saturated heterocycles. The number of carbonyl (C=O) groups is 1. The van der Waals surface area contributed by atoms with Gasteiger partial charge in [-0.1, -0.05) is 18.2 Å². The lowest BCUT2D eigenvalue weighted by molar-refractivity contribution is -0.385. The van der Waals surface area contributed by atoms with Gasteiger partial charge in [-0.05, 0) is 37.6 Å². The molecule has 2 aromatic carbocycles. The lowest BCUT2D eigenvalue weighted by Gasteiger charge is -2.03. The zero-order chi connectivity index (χ0) is 17.5. The van der Waals surface area contributed by atoms with Gasteiger partial charge in [0, 0.05) is 17.2 Å². The molecule has 0 saturated carbocycles. The topological polar surface area (TPSA) is 93.8 Å². The van der Waals surface area contributed by atoms with Gasteiger partial charge in [-0.3, -0.25) is 14.9 Å². The molecule has 7 heteroatoms. The molecule has 0 aliphatic carbocycles. The molecule has 1 amide bonds. The fourth-order valence-corrected chi connectivity index (χ4v) is 2.03. The van der Waals surface area contributed by atoms with Gasteiger partial charge in [0.05, 0.1) is 17.7 Å². The van der Waals surface area contributed by atoms with E-state index in [0.717, 1.165) is 5.56 Å². The van der Waals surface area contributed by atoms with Crippen LogP contribution in [0.15, 0.2) is 47.6 Å². The molecule has 0 atom stereocenters. The number of nitrogens with zero attached hydrogens (tertiary/aromatic N) is 2. The fraction of sp³-hybridized carbons (Fsp3) is 0.176. The van der Waals surface area contributed by atoms with Crippen LogP contribution in [0.4, 0.5) is 5.69 Å². The summed E-state index contributed by atoms with van der Waals surface area (Å²) in [4.78, 5) is 22.4. The molecule has 0 spiro atoms. The van der Waals surface area contributed by atoms with Crippen LogP contribution in [0.2, 0.25) is 0 Å². The summed E-state index contributed by atoms with van der Waals surface area (Å²) in [7, 11) is 0. The summed E-state index contributed by atoms with van der Waals surface area (Å²) in [6.45, 7) is 4.06. The molecule has 1 N–H and O–H groups in total. The van der Waals surface area contributed by atoms with E-state index in [1.807, 2.05) is 25.1 Å². The molecular formula is C17H17N3O4. The summed E-state index contributed by atoms with van der Waals surface area (Å²) in [5.41, 5.74) is 3.68. The highest BCUT2D eigenvalue weighted by Gasteiger charge is 2.14. The van der Waals surface area contributed by atoms with Crippen LogP contribution >= 0.6 is 0 Å². The second kappa shape index (κ2) is 7.87. The van der Waals surface area contributed by atoms with E-state index < -0.39 is 10.8 Å². The van der Waals surface area contributed by atoms with Crippen molar-refractivity contribution >= 4 is 17.8 Å². The molecule has 2 rings (SSSR count). The van der Waals surface area contributed by atoms with Gasteiger partial charge in [0.15, 0.2) is 0 Å². The summed E-state index contributed by atoms with van der Waals surface area (Å²) in [6, 6.07) is 11.5. The van der Waals surface area contributed by atoms with Crippen molar-refractivity contribution in [1.29, 1.82) is 0 Å². The quantitative estimate of drug-likeness (QED) is 0.501. The summed E-state index contributed by atoms with van der Waals surface area (Å²) >= 11 is 0. The molecule has 0 aromatic heterocycles. The van der Waals surface area contributed by atoms with Crippen LogP contribution in [-0.2, 0) is 0 Å². The number of rotatable bonds is 6. The summed E-state index contributed by atoms with van der Waals surface area (Å²) in [5, 5.41) is 14.8. The average molecular weight is 327 g/mol. The highest BCUT2D eigenvalue weighted by atomic mass is 16.6. The first-order valence-corrected chi connectivity index (χ1v) is 7.32. The minimum Gasteiger partial charge on any atom is -0.494 e. The van der Waals surface area contributed by atoms with Crippen LogP contribution in [0.25, 0.3) is 0 Å². The fourth-order valence-electron chi connectivity index (χ4n) is 2.03. The molecule has 0 heterocycles. The summed E-state index contributed by atoms with van der Waals surface area (Å²) < 4.78 is 5.38. The van der Waals surface area contributed by atoms with Crippen molar-refractivity contribution in [3.8, 4) is 5.75 Å². The van der Waals surface area contributed by atoms with Gasteiger partial charge in [0.2, 0.25) is 0 Å². The lowest BCUT2D eigenvalue weighted by atomic mass is 10.1. The Morgan fingerprint density at radius 3 is 2.83 bits per heavy atom. The number of benzene rings is 2. The number of hydrogen-bond donors (Lipinski definition) is 1. The van der Waals surface area contributed by atoms with Gasteiger partial charge >= 0.3 is 0 Å². The van der Waals surface area contributed by atoms with Crippen molar-refractivity contribution in [2.75, 3.05) is 6.61 Å². The average Bonchev–Trinajstić information content (AvgIpc) is 2.55. The smallest absolute Gasteiger partial charge is 0.273 e. The van der Waals surface area contributed by atoms with Gasteiger partial charge in [-0.25, -0.2) is 5.43 Å². The molecule has 0 bridgehead atoms. The highest BCUT2D eigenvalue weighted by Crippen LogP contribution is 2.19. The first-order valence-electron chi connectivity index (χ1n) is 7.32. The normalized spacial score (nSPS) is 10.6. The van der Waals surface area contributed by atoms with Crippen molar-refractivity contribution in [3.63, 3.8) is 0 Å². The molecule has 2 aromatic rings. The first kappa shape index (κ1) is 17.1. The third-order valence-corrected chi connectivity index (χ3v) is 3.22. The van der Waals surface area contributed by atoms with Gasteiger partial charge in [0.1, 0.15) is 5.75 Å². The van der Waals surface area contributed by atoms with Crippen molar-refractivity contribution in [1.82, 2.24) is 5.43 Å². The Labute approximate surface area is 139 Å². The maximum absolute atomic E-state index is 12.0. The van der Waals surface area contributed by atoms with Crippen molar-refractivity contribution in [2.45, 2.75) is 13.8 Å². The van der Waals surface area contributed by atoms with Crippen LogP contribution in [0.3, 0.4) is 0 Å². The highest BCUT2D eigenvalue weighted by molar-refractivity contribution is 5.95. The van der Waals surface area contributed by atoms with E-state index in [1.165, 1.54) is 24.4 Å². The molecule has 0 fully saturated rings. The largest absolute Gasteiger partial charge is 0.494 e. The van der Waals surface area contributed by atoms with Gasteiger partial charge in [-0.15, -0.1) is 0 Å². The number of nitro benzene ring substituents is 1. The van der Waals surface area contributed by atoms with E-state index >= 15 is 0 Å². The Hall–Kier alpha value is -3.22. The van der Waals surface area contributed by atoms with E-state index in [0.29, 0.717) is 17.9 Å². The van der Waals surface area contributed by atoms with Crippen LogP contribution in [0.1, 0.15) is 28.4 Å². The molecular weight excluding hydrogens is 310 g/mol. The predicted molar refractivity (Wildman–Crippen MR) is 90.5 cm³/mol. The van der Waals surface area contributed by atoms with Crippen molar-refractivity contribution < 1.29 is 14.5 Å². The maximum atomic E-state index is 12.0. The van der Waals surface area contributed by atoms with E-state index in [-0.39, 0.29) is 11.3 Å². The third-order valence-electron chi connectivity index (χ3n) is 3.22. The van der Waals surface area contributed by atoms with Gasteiger partial charge in [-0.2, -0.15) is 5.10 Å². The minimum atomic E-state index is -0.519. The number of nitro groups is 1. The zero-order valence-electron chi connectivity index (χ0n) is 13.4. The number of ether oxygens (including phenoxy) is 1. The molecule has 0 aliphatic rings. The zero-order valence-corrected chi connectivity index (χ0v) is 13.4. The molecule has 7 nitrogen and oxygen atoms in total. The number of hydrazone groups is 1. The Morgan fingerprint density at radius 2 is 2.12 bits per heavy atom. The molecule has 0 aliphatic heterocycles. The van der Waals surface area contributed by atoms with Crippen LogP contribution in [-0.4, -0.2) is 23.7 Å². The Balaban J connectivity index is 2.06. The minimum absolute atomic E-state index is 0.101. The first-order chi connectivity index (χ1) is 11.5. The van der Waals surface area contributed by atoms with E-state index in [9.17, 15) is 14.9 Å². The number of amides is 1. The number of nitrogens with one attached hydrogen (secondary N) is 1. The van der Waals surface area contributed by atoms with Gasteiger partial charge < -0.3 is 4.74 Å². The molecule has 0 radical (unpaired) electrons. The van der Waals surface area contributed by atoms with Crippen LogP contribution in [0.5, 0.6) is 5.75 Å². The van der Waals surface area contributed by atoms with E-state index in [1.54, 1.807) is 13.0 Å². The second-order valence-corrected chi connectivity index (χ2v) is 4.96. The van der Waals surface area contributed by atoms with Crippen LogP contribution in [0, 0.1) is 17.0 Å². The monoisotopic (exact) mass is 327 g/mol. The molecule has 0 unspecified atom stereocenters. The molecule has 124 valence electrons. The van der Waals surface area contributed by atoms with Crippen LogP contribution < -0.4 is 10.2 Å². The number of hydrogen-bond acceptors (Lipinski definition) is 5. The molecule has 24 heavy (non-hydrogen) atoms. The Morgan fingerprint density at radius 1 is 1.33 bits per heavy atom. The Bertz CT molecular complexity index is 787. The second-order valence-electron chi connectivity index (χ2n) is 4.96. The number of aryl methyl sites for hydroxylation is 1. The Kier molecular flexibility index (Phi) is 5.62. The lowest BCUT2D eigenvalue weighted by Crippen LogP contribution is -2.17. The van der Waals surface area contributed by atoms with Crippen molar-refractivity contribution in [2.24, 2.45) is 5.10 Å². The van der Waals surface area contributed by atoms with Crippen molar-refractivity contribution in [3.05, 3.63) is 69.3 Å². The van der Waals surface area contributed by atoms with E-state index in [4.69, 9.17) is 4.74 Å². The SMILES string of the molecule is CCOc1cccc(C=NNC(=O)c2ccc(C)c([N+](=O)[O-])c2)c1. The maximum Gasteiger partial charge on any atom is 0.273 e. The predicted octanol–water partition coefficient (Wildman–Crippen LogP) is 3.07. The van der Waals surface area contributed by atoms with Gasteiger partial charge in [0.25, 0.3) is 11.6 Å². The summed E-state index contributed by atoms with van der Waals surface area (Å²) in [6.07, 6.45) is 1.48. The third kappa shape index (κ3) is 4.39. The van der Waals surface area contributed by atoms with E-state index in [2.05, 4.69) is 10.5 Å². The summed E-state index contributed by atoms with van der Waals surface area (Å²) in [5.74, 6) is 0.192. The number of carbonyl (C=O) groups excluding carboxylic acids is 1. The standard InChI is InChI=1S/C17H17N3O4/c1-3-24-15-6-4-5-13(9-15)11-18-19-17(21)14-8-7-12(2)16(10-14)20(22)23/h4-11H,3H2,1-2H3,(H,19,21).